The zero-order valence-electron chi connectivity index (χ0n) is 12.1. The smallest absolute Gasteiger partial charge is 0.348 e. The van der Waals surface area contributed by atoms with E-state index in [1.807, 2.05) is 12.3 Å². The number of thioether (sulfide) groups is 1. The maximum absolute atomic E-state index is 12.5. The number of nitrogens with zero attached hydrogens (tertiary/aromatic N) is 3. The van der Waals surface area contributed by atoms with Crippen molar-refractivity contribution in [3.8, 4) is 5.75 Å². The van der Waals surface area contributed by atoms with Crippen molar-refractivity contribution in [1.29, 1.82) is 0 Å². The van der Waals surface area contributed by atoms with Gasteiger partial charge < -0.3 is 4.74 Å². The van der Waals surface area contributed by atoms with E-state index in [2.05, 4.69) is 46.8 Å². The Morgan fingerprint density at radius 1 is 1.29 bits per heavy atom. The van der Waals surface area contributed by atoms with Gasteiger partial charge in [0, 0.05) is 22.3 Å². The SMILES string of the molecule is CSc1ncc(C(=O)Oc2c(Br)cc(Br)c3cccnc23)c(Cl)n1. The van der Waals surface area contributed by atoms with Gasteiger partial charge in [0.25, 0.3) is 0 Å². The summed E-state index contributed by atoms with van der Waals surface area (Å²) < 4.78 is 6.94. The molecule has 9 heteroatoms. The molecule has 3 aromatic rings. The predicted octanol–water partition coefficient (Wildman–Crippen LogP) is 5.14. The minimum Gasteiger partial charge on any atom is -0.419 e. The first kappa shape index (κ1) is 17.6. The number of fused-ring (bicyclic) bond motifs is 1. The maximum atomic E-state index is 12.5. The zero-order valence-corrected chi connectivity index (χ0v) is 16.8. The van der Waals surface area contributed by atoms with Gasteiger partial charge in [0.05, 0.1) is 4.47 Å². The second kappa shape index (κ2) is 7.35. The number of hydrogen-bond acceptors (Lipinski definition) is 6. The highest BCUT2D eigenvalue weighted by molar-refractivity contribution is 9.11. The molecule has 0 bridgehead atoms. The highest BCUT2D eigenvalue weighted by Crippen LogP contribution is 2.37. The lowest BCUT2D eigenvalue weighted by Gasteiger charge is -2.11. The van der Waals surface area contributed by atoms with E-state index in [9.17, 15) is 4.79 Å². The summed E-state index contributed by atoms with van der Waals surface area (Å²) in [6.07, 6.45) is 4.80. The van der Waals surface area contributed by atoms with Crippen LogP contribution in [0.5, 0.6) is 5.75 Å². The number of carbonyl (C=O) groups is 1. The van der Waals surface area contributed by atoms with Gasteiger partial charge >= 0.3 is 5.97 Å². The van der Waals surface area contributed by atoms with E-state index in [-0.39, 0.29) is 10.7 Å². The Kier molecular flexibility index (Phi) is 5.39. The average Bonchev–Trinajstić information content (AvgIpc) is 2.58. The van der Waals surface area contributed by atoms with E-state index >= 15 is 0 Å². The number of pyridine rings is 1. The number of hydrogen-bond donors (Lipinski definition) is 0. The normalized spacial score (nSPS) is 10.8. The molecule has 0 fully saturated rings. The van der Waals surface area contributed by atoms with Gasteiger partial charge in [-0.15, -0.1) is 0 Å². The van der Waals surface area contributed by atoms with Crippen LogP contribution in [0.4, 0.5) is 0 Å². The summed E-state index contributed by atoms with van der Waals surface area (Å²) in [6.45, 7) is 0. The highest BCUT2D eigenvalue weighted by atomic mass is 79.9. The third-order valence-corrected chi connectivity index (χ3v) is 5.16. The molecular formula is C15H8Br2ClN3O2S. The molecule has 2 heterocycles. The predicted molar refractivity (Wildman–Crippen MR) is 101 cm³/mol. The average molecular weight is 490 g/mol. The number of rotatable bonds is 3. The number of ether oxygens (including phenoxy) is 1. The lowest BCUT2D eigenvalue weighted by Crippen LogP contribution is -2.12. The summed E-state index contributed by atoms with van der Waals surface area (Å²) in [4.78, 5) is 24.8. The van der Waals surface area contributed by atoms with E-state index in [4.69, 9.17) is 16.3 Å². The second-order valence-corrected chi connectivity index (χ2v) is 7.36. The van der Waals surface area contributed by atoms with Gasteiger partial charge in [-0.2, -0.15) is 0 Å². The first-order chi connectivity index (χ1) is 11.5. The van der Waals surface area contributed by atoms with Crippen molar-refractivity contribution in [3.63, 3.8) is 0 Å². The van der Waals surface area contributed by atoms with Crippen LogP contribution in [0, 0.1) is 0 Å². The summed E-state index contributed by atoms with van der Waals surface area (Å²) in [5.41, 5.74) is 0.637. The third-order valence-electron chi connectivity index (χ3n) is 3.07. The largest absolute Gasteiger partial charge is 0.419 e. The third kappa shape index (κ3) is 3.42. The molecule has 3 rings (SSSR count). The van der Waals surface area contributed by atoms with Gasteiger partial charge in [-0.25, -0.2) is 14.8 Å². The first-order valence-electron chi connectivity index (χ1n) is 6.52. The van der Waals surface area contributed by atoms with Crippen LogP contribution in [0.25, 0.3) is 10.9 Å². The fourth-order valence-electron chi connectivity index (χ4n) is 1.97. The van der Waals surface area contributed by atoms with Gasteiger partial charge in [-0.1, -0.05) is 45.4 Å². The van der Waals surface area contributed by atoms with Crippen LogP contribution in [-0.2, 0) is 0 Å². The molecule has 0 aliphatic heterocycles. The minimum absolute atomic E-state index is 0.0462. The van der Waals surface area contributed by atoms with Gasteiger partial charge in [-0.3, -0.25) is 4.98 Å². The highest BCUT2D eigenvalue weighted by Gasteiger charge is 2.20. The van der Waals surface area contributed by atoms with Crippen molar-refractivity contribution in [2.45, 2.75) is 5.16 Å². The number of aromatic nitrogens is 3. The van der Waals surface area contributed by atoms with Crippen LogP contribution in [0.2, 0.25) is 5.15 Å². The molecule has 0 aliphatic rings. The summed E-state index contributed by atoms with van der Waals surface area (Å²) in [6, 6.07) is 5.47. The molecule has 5 nitrogen and oxygen atoms in total. The van der Waals surface area contributed by atoms with Gasteiger partial charge in [-0.05, 0) is 34.3 Å². The number of carbonyl (C=O) groups excluding carboxylic acids is 1. The molecule has 0 amide bonds. The van der Waals surface area contributed by atoms with Crippen LogP contribution in [0.1, 0.15) is 10.4 Å². The monoisotopic (exact) mass is 487 g/mol. The summed E-state index contributed by atoms with van der Waals surface area (Å²) >= 11 is 14.2. The summed E-state index contributed by atoms with van der Waals surface area (Å²) in [5, 5.41) is 1.35. The van der Waals surface area contributed by atoms with Crippen LogP contribution < -0.4 is 4.74 Å². The van der Waals surface area contributed by atoms with Crippen LogP contribution >= 0.6 is 55.2 Å². The molecule has 2 aromatic heterocycles. The van der Waals surface area contributed by atoms with Crippen LogP contribution in [-0.4, -0.2) is 27.2 Å². The lowest BCUT2D eigenvalue weighted by atomic mass is 10.2. The second-order valence-electron chi connectivity index (χ2n) is 4.52. The quantitative estimate of drug-likeness (QED) is 0.167. The van der Waals surface area contributed by atoms with E-state index in [1.165, 1.54) is 18.0 Å². The molecule has 122 valence electrons. The zero-order chi connectivity index (χ0) is 17.3. The maximum Gasteiger partial charge on any atom is 0.348 e. The Bertz CT molecular complexity index is 955. The molecule has 0 spiro atoms. The lowest BCUT2D eigenvalue weighted by molar-refractivity contribution is 0.0734. The molecule has 0 saturated heterocycles. The molecule has 0 N–H and O–H groups in total. The summed E-state index contributed by atoms with van der Waals surface area (Å²) in [7, 11) is 0. The first-order valence-corrected chi connectivity index (χ1v) is 9.71. The fraction of sp³-hybridized carbons (Fsp3) is 0.0667. The topological polar surface area (TPSA) is 65.0 Å². The number of benzene rings is 1. The Balaban J connectivity index is 2.03. The standard InChI is InChI=1S/C15H8Br2ClN3O2S/c1-24-15-20-6-8(13(18)21-15)14(22)23-12-10(17)5-9(16)7-3-2-4-19-11(7)12/h2-6H,1H3. The molecule has 0 radical (unpaired) electrons. The molecular weight excluding hydrogens is 482 g/mol. The molecule has 0 aliphatic carbocycles. The number of esters is 1. The number of halogens is 3. The van der Waals surface area contributed by atoms with Crippen molar-refractivity contribution in [3.05, 3.63) is 50.3 Å². The van der Waals surface area contributed by atoms with Gasteiger partial charge in [0.1, 0.15) is 16.2 Å². The molecule has 1 aromatic carbocycles. The molecule has 0 unspecified atom stereocenters. The van der Waals surface area contributed by atoms with Crippen molar-refractivity contribution < 1.29 is 9.53 Å². The van der Waals surface area contributed by atoms with E-state index in [0.717, 1.165) is 9.86 Å². The van der Waals surface area contributed by atoms with Crippen LogP contribution in [0.3, 0.4) is 0 Å². The van der Waals surface area contributed by atoms with E-state index in [1.54, 1.807) is 18.3 Å². The Labute approximate surface area is 163 Å². The molecule has 0 saturated carbocycles. The van der Waals surface area contributed by atoms with E-state index < -0.39 is 5.97 Å². The van der Waals surface area contributed by atoms with Gasteiger partial charge in [0.2, 0.25) is 0 Å². The van der Waals surface area contributed by atoms with Crippen LogP contribution in [0.15, 0.2) is 44.7 Å². The van der Waals surface area contributed by atoms with Crippen molar-refractivity contribution in [1.82, 2.24) is 15.0 Å². The fourth-order valence-corrected chi connectivity index (χ4v) is 3.92. The van der Waals surface area contributed by atoms with Crippen molar-refractivity contribution in [2.75, 3.05) is 6.26 Å². The minimum atomic E-state index is -0.650. The summed E-state index contributed by atoms with van der Waals surface area (Å²) in [5.74, 6) is -0.341. The van der Waals surface area contributed by atoms with E-state index in [0.29, 0.717) is 20.9 Å². The van der Waals surface area contributed by atoms with Gasteiger partial charge in [0.15, 0.2) is 10.9 Å². The molecule has 0 atom stereocenters. The Morgan fingerprint density at radius 3 is 2.79 bits per heavy atom. The van der Waals surface area contributed by atoms with Crippen molar-refractivity contribution in [2.24, 2.45) is 0 Å². The molecule has 24 heavy (non-hydrogen) atoms. The Morgan fingerprint density at radius 2 is 2.08 bits per heavy atom. The van der Waals surface area contributed by atoms with Crippen molar-refractivity contribution >= 4 is 72.1 Å². The Hall–Kier alpha value is -1.22.